The number of likely N-dealkylation sites (tertiary alicyclic amines) is 2. The van der Waals surface area contributed by atoms with Crippen LogP contribution in [0.25, 0.3) is 11.4 Å². The van der Waals surface area contributed by atoms with E-state index in [2.05, 4.69) is 15.1 Å². The summed E-state index contributed by atoms with van der Waals surface area (Å²) in [5, 5.41) is 16.8. The molecule has 0 aliphatic carbocycles. The number of hydrogen-bond donors (Lipinski definition) is 1. The predicted octanol–water partition coefficient (Wildman–Crippen LogP) is 5.75. The molecular weight excluding hydrogens is 584 g/mol. The van der Waals surface area contributed by atoms with Gasteiger partial charge in [-0.3, -0.25) is 9.78 Å². The van der Waals surface area contributed by atoms with Crippen LogP contribution in [0.5, 0.6) is 0 Å². The predicted molar refractivity (Wildman–Crippen MR) is 161 cm³/mol. The topological polar surface area (TPSA) is 122 Å². The van der Waals surface area contributed by atoms with Gasteiger partial charge in [-0.25, -0.2) is 13.6 Å². The van der Waals surface area contributed by atoms with Crippen molar-refractivity contribution in [2.24, 2.45) is 5.41 Å². The molecule has 2 aromatic heterocycles. The molecule has 2 fully saturated rings. The number of ether oxygens (including phenoxy) is 1. The molecule has 2 aliphatic rings. The second kappa shape index (κ2) is 11.8. The summed E-state index contributed by atoms with van der Waals surface area (Å²) < 4.78 is 41.9. The van der Waals surface area contributed by atoms with Gasteiger partial charge in [0.05, 0.1) is 0 Å². The standard InChI is InChI=1S/C33H41F2N5O5/c1-19(2)27-25(34)13-23(14-26(27)35)33(43,32(7)17-40(18-32)30(42)44-31(4,5)6)24-12-22(15-36-16-24)28-37-29(45-38-28)21-8-10-39(11-9-21)20(3)41/h12-16,19,21,43H,8-11,17-18H2,1-7H3. The number of hydrogen-bond acceptors (Lipinski definition) is 8. The van der Waals surface area contributed by atoms with Crippen LogP contribution in [-0.4, -0.2) is 73.8 Å². The van der Waals surface area contributed by atoms with Crippen molar-refractivity contribution in [2.45, 2.75) is 84.3 Å². The lowest BCUT2D eigenvalue weighted by Gasteiger charge is -2.56. The molecule has 2 aliphatic heterocycles. The zero-order valence-electron chi connectivity index (χ0n) is 26.9. The third-order valence-electron chi connectivity index (χ3n) is 8.82. The smallest absolute Gasteiger partial charge is 0.410 e. The Morgan fingerprint density at radius 2 is 1.67 bits per heavy atom. The number of aromatic nitrogens is 3. The Bertz CT molecular complexity index is 1560. The van der Waals surface area contributed by atoms with Crippen LogP contribution in [0, 0.1) is 17.0 Å². The number of nitrogens with zero attached hydrogens (tertiary/aromatic N) is 5. The zero-order chi connectivity index (χ0) is 32.9. The van der Waals surface area contributed by atoms with Crippen molar-refractivity contribution in [1.82, 2.24) is 24.9 Å². The number of halogens is 2. The van der Waals surface area contributed by atoms with Crippen LogP contribution in [0.15, 0.2) is 35.1 Å². The van der Waals surface area contributed by atoms with Gasteiger partial charge in [-0.15, -0.1) is 0 Å². The van der Waals surface area contributed by atoms with E-state index in [0.717, 1.165) is 12.1 Å². The van der Waals surface area contributed by atoms with Gasteiger partial charge < -0.3 is 24.2 Å². The Hall–Kier alpha value is -3.93. The average Bonchev–Trinajstić information content (AvgIpc) is 3.44. The van der Waals surface area contributed by atoms with E-state index in [4.69, 9.17) is 9.26 Å². The van der Waals surface area contributed by atoms with Crippen molar-refractivity contribution in [3.8, 4) is 11.4 Å². The number of piperidine rings is 1. The van der Waals surface area contributed by atoms with Gasteiger partial charge in [0.1, 0.15) is 22.8 Å². The summed E-state index contributed by atoms with van der Waals surface area (Å²) in [4.78, 5) is 36.7. The molecule has 1 unspecified atom stereocenters. The first kappa shape index (κ1) is 32.5. The molecule has 5 rings (SSSR count). The molecule has 4 heterocycles. The van der Waals surface area contributed by atoms with Crippen LogP contribution in [-0.2, 0) is 15.1 Å². The maximum atomic E-state index is 15.4. The van der Waals surface area contributed by atoms with Gasteiger partial charge in [-0.2, -0.15) is 4.98 Å². The first-order valence-corrected chi connectivity index (χ1v) is 15.3. The van der Waals surface area contributed by atoms with Crippen LogP contribution >= 0.6 is 0 Å². The summed E-state index contributed by atoms with van der Waals surface area (Å²) in [7, 11) is 0. The summed E-state index contributed by atoms with van der Waals surface area (Å²) in [6.45, 7) is 13.3. The van der Waals surface area contributed by atoms with Gasteiger partial charge in [-0.1, -0.05) is 25.9 Å². The molecule has 0 saturated carbocycles. The number of aliphatic hydroxyl groups is 1. The zero-order valence-corrected chi connectivity index (χ0v) is 26.9. The fraction of sp³-hybridized carbons (Fsp3) is 0.545. The summed E-state index contributed by atoms with van der Waals surface area (Å²) in [6.07, 6.45) is 3.80. The minimum atomic E-state index is -1.97. The fourth-order valence-corrected chi connectivity index (χ4v) is 6.41. The Morgan fingerprint density at radius 1 is 1.04 bits per heavy atom. The number of pyridine rings is 1. The summed E-state index contributed by atoms with van der Waals surface area (Å²) >= 11 is 0. The fourth-order valence-electron chi connectivity index (χ4n) is 6.41. The Labute approximate surface area is 261 Å². The van der Waals surface area contributed by atoms with Gasteiger partial charge in [0.2, 0.25) is 17.6 Å². The van der Waals surface area contributed by atoms with Crippen molar-refractivity contribution < 1.29 is 32.7 Å². The normalized spacial score (nSPS) is 18.5. The molecule has 242 valence electrons. The molecule has 45 heavy (non-hydrogen) atoms. The first-order chi connectivity index (χ1) is 21.0. The number of rotatable bonds is 6. The van der Waals surface area contributed by atoms with E-state index in [1.165, 1.54) is 17.3 Å². The van der Waals surface area contributed by atoms with Crippen LogP contribution in [0.4, 0.5) is 13.6 Å². The van der Waals surface area contributed by atoms with E-state index in [1.54, 1.807) is 59.4 Å². The summed E-state index contributed by atoms with van der Waals surface area (Å²) in [5.41, 5.74) is -3.15. The van der Waals surface area contributed by atoms with Crippen molar-refractivity contribution in [2.75, 3.05) is 26.2 Å². The molecule has 1 aromatic carbocycles. The van der Waals surface area contributed by atoms with Gasteiger partial charge in [0, 0.05) is 73.5 Å². The van der Waals surface area contributed by atoms with Crippen molar-refractivity contribution in [3.05, 3.63) is 64.8 Å². The summed E-state index contributed by atoms with van der Waals surface area (Å²) in [5.74, 6) is -1.24. The molecule has 3 aromatic rings. The molecule has 2 amide bonds. The molecule has 0 spiro atoms. The second-order valence-corrected chi connectivity index (χ2v) is 13.8. The number of benzene rings is 1. The minimum absolute atomic E-state index is 0.00165. The third kappa shape index (κ3) is 6.16. The highest BCUT2D eigenvalue weighted by atomic mass is 19.1. The van der Waals surface area contributed by atoms with Crippen LogP contribution < -0.4 is 0 Å². The van der Waals surface area contributed by atoms with Crippen LogP contribution in [0.1, 0.15) is 95.7 Å². The largest absolute Gasteiger partial charge is 0.444 e. The molecular formula is C33H41F2N5O5. The van der Waals surface area contributed by atoms with E-state index in [-0.39, 0.29) is 47.4 Å². The van der Waals surface area contributed by atoms with E-state index in [9.17, 15) is 14.7 Å². The average molecular weight is 626 g/mol. The Kier molecular flexibility index (Phi) is 8.50. The highest BCUT2D eigenvalue weighted by molar-refractivity contribution is 5.73. The Balaban J connectivity index is 1.51. The van der Waals surface area contributed by atoms with Gasteiger partial charge in [0.25, 0.3) is 0 Å². The maximum absolute atomic E-state index is 15.4. The number of carbonyl (C=O) groups excluding carboxylic acids is 2. The van der Waals surface area contributed by atoms with Gasteiger partial charge in [-0.05, 0) is 63.3 Å². The van der Waals surface area contributed by atoms with Gasteiger partial charge in [0.15, 0.2) is 0 Å². The molecule has 10 nitrogen and oxygen atoms in total. The molecule has 1 N–H and O–H groups in total. The van der Waals surface area contributed by atoms with Crippen LogP contribution in [0.3, 0.4) is 0 Å². The van der Waals surface area contributed by atoms with E-state index >= 15 is 8.78 Å². The number of carbonyl (C=O) groups is 2. The van der Waals surface area contributed by atoms with Crippen molar-refractivity contribution >= 4 is 12.0 Å². The lowest BCUT2D eigenvalue weighted by molar-refractivity contribution is -0.132. The SMILES string of the molecule is CC(=O)N1CCC(c2nc(-c3cncc(C(O)(c4cc(F)c(C(C)C)c(F)c4)C4(C)CN(C(=O)OC(C)(C)C)C4)c3)no2)CC1. The lowest BCUT2D eigenvalue weighted by atomic mass is 9.62. The van der Waals surface area contributed by atoms with Gasteiger partial charge >= 0.3 is 6.09 Å². The number of amides is 2. The van der Waals surface area contributed by atoms with Crippen LogP contribution in [0.2, 0.25) is 0 Å². The molecule has 0 bridgehead atoms. The quantitative estimate of drug-likeness (QED) is 0.368. The summed E-state index contributed by atoms with van der Waals surface area (Å²) in [6, 6.07) is 3.95. The lowest BCUT2D eigenvalue weighted by Crippen LogP contribution is -2.66. The minimum Gasteiger partial charge on any atom is -0.444 e. The highest BCUT2D eigenvalue weighted by Crippen LogP contribution is 2.51. The van der Waals surface area contributed by atoms with Crippen molar-refractivity contribution in [3.63, 3.8) is 0 Å². The maximum Gasteiger partial charge on any atom is 0.410 e. The van der Waals surface area contributed by atoms with Crippen molar-refractivity contribution in [1.29, 1.82) is 0 Å². The monoisotopic (exact) mass is 625 g/mol. The molecule has 0 radical (unpaired) electrons. The molecule has 1 atom stereocenters. The van der Waals surface area contributed by atoms with E-state index in [1.807, 2.05) is 0 Å². The van der Waals surface area contributed by atoms with E-state index < -0.39 is 40.3 Å². The van der Waals surface area contributed by atoms with E-state index in [0.29, 0.717) is 37.4 Å². The Morgan fingerprint density at radius 3 is 2.22 bits per heavy atom. The highest BCUT2D eigenvalue weighted by Gasteiger charge is 2.58. The third-order valence-corrected chi connectivity index (χ3v) is 8.82. The molecule has 12 heteroatoms. The second-order valence-electron chi connectivity index (χ2n) is 13.8. The molecule has 2 saturated heterocycles. The first-order valence-electron chi connectivity index (χ1n) is 15.3.